The number of hydrogen-bond acceptors (Lipinski definition) is 7. The van der Waals surface area contributed by atoms with Gasteiger partial charge < -0.3 is 20.8 Å². The van der Waals surface area contributed by atoms with Crippen LogP contribution >= 0.6 is 0 Å². The van der Waals surface area contributed by atoms with Crippen molar-refractivity contribution in [1.82, 2.24) is 15.0 Å². The lowest BCUT2D eigenvalue weighted by Crippen LogP contribution is -2.27. The van der Waals surface area contributed by atoms with E-state index in [1.165, 1.54) is 0 Å². The summed E-state index contributed by atoms with van der Waals surface area (Å²) in [5.41, 5.74) is 1.22. The quantitative estimate of drug-likeness (QED) is 0.584. The van der Waals surface area contributed by atoms with E-state index >= 15 is 0 Å². The topological polar surface area (TPSA) is 103 Å². The molecule has 0 amide bonds. The van der Waals surface area contributed by atoms with E-state index in [1.54, 1.807) is 12.3 Å². The molecule has 2 aromatic heterocycles. The summed E-state index contributed by atoms with van der Waals surface area (Å²) in [7, 11) is 0. The van der Waals surface area contributed by atoms with E-state index in [-0.39, 0.29) is 25.3 Å². The molecule has 2 atom stereocenters. The molecule has 0 fully saturated rings. The van der Waals surface area contributed by atoms with Crippen LogP contribution in [0, 0.1) is 0 Å². The average molecular weight is 305 g/mol. The molecular weight excluding hydrogens is 282 g/mol. The lowest BCUT2D eigenvalue weighted by atomic mass is 10.2. The number of hydrogen-bond donors (Lipinski definition) is 4. The van der Waals surface area contributed by atoms with E-state index < -0.39 is 0 Å². The van der Waals surface area contributed by atoms with Gasteiger partial charge in [-0.25, -0.2) is 15.0 Å². The van der Waals surface area contributed by atoms with Gasteiger partial charge in [0, 0.05) is 6.20 Å². The van der Waals surface area contributed by atoms with E-state index in [1.807, 2.05) is 19.9 Å². The molecule has 0 radical (unpaired) electrons. The number of aromatic nitrogens is 3. The Hall–Kier alpha value is -1.99. The first-order chi connectivity index (χ1) is 10.7. The van der Waals surface area contributed by atoms with Crippen LogP contribution in [0.25, 0.3) is 11.2 Å². The van der Waals surface area contributed by atoms with Crippen LogP contribution < -0.4 is 10.6 Å². The molecule has 4 N–H and O–H groups in total. The summed E-state index contributed by atoms with van der Waals surface area (Å²) in [5.74, 6) is 1.10. The summed E-state index contributed by atoms with van der Waals surface area (Å²) in [5, 5.41) is 25.1. The first-order valence-corrected chi connectivity index (χ1v) is 7.59. The molecule has 22 heavy (non-hydrogen) atoms. The van der Waals surface area contributed by atoms with Crippen LogP contribution in [-0.4, -0.2) is 50.5 Å². The van der Waals surface area contributed by atoms with Crippen molar-refractivity contribution in [2.45, 2.75) is 38.8 Å². The van der Waals surface area contributed by atoms with Crippen LogP contribution in [0.2, 0.25) is 0 Å². The van der Waals surface area contributed by atoms with Gasteiger partial charge in [-0.15, -0.1) is 0 Å². The zero-order valence-electron chi connectivity index (χ0n) is 13.0. The predicted octanol–water partition coefficient (Wildman–Crippen LogP) is 1.39. The maximum Gasteiger partial charge on any atom is 0.180 e. The normalized spacial score (nSPS) is 13.8. The molecule has 7 heteroatoms. The minimum atomic E-state index is -0.106. The van der Waals surface area contributed by atoms with Crippen LogP contribution in [0.1, 0.15) is 26.7 Å². The van der Waals surface area contributed by atoms with Crippen LogP contribution in [0.3, 0.4) is 0 Å². The van der Waals surface area contributed by atoms with Gasteiger partial charge in [-0.1, -0.05) is 13.8 Å². The molecule has 0 saturated heterocycles. The molecule has 0 saturated carbocycles. The lowest BCUT2D eigenvalue weighted by molar-refractivity contribution is 0.270. The van der Waals surface area contributed by atoms with Crippen molar-refractivity contribution < 1.29 is 10.2 Å². The van der Waals surface area contributed by atoms with E-state index in [2.05, 4.69) is 25.6 Å². The Morgan fingerprint density at radius 3 is 2.14 bits per heavy atom. The maximum atomic E-state index is 9.38. The highest BCUT2D eigenvalue weighted by Gasteiger charge is 2.15. The molecule has 0 aliphatic rings. The van der Waals surface area contributed by atoms with Gasteiger partial charge in [0.1, 0.15) is 5.52 Å². The van der Waals surface area contributed by atoms with Crippen molar-refractivity contribution in [3.8, 4) is 0 Å². The van der Waals surface area contributed by atoms with Crippen LogP contribution in [0.4, 0.5) is 11.6 Å². The highest BCUT2D eigenvalue weighted by atomic mass is 16.3. The molecule has 0 spiro atoms. The summed E-state index contributed by atoms with van der Waals surface area (Å²) >= 11 is 0. The van der Waals surface area contributed by atoms with Crippen LogP contribution in [-0.2, 0) is 0 Å². The summed E-state index contributed by atoms with van der Waals surface area (Å²) in [6.07, 6.45) is 3.19. The van der Waals surface area contributed by atoms with Crippen LogP contribution in [0.5, 0.6) is 0 Å². The number of fused-ring (bicyclic) bond motifs is 1. The summed E-state index contributed by atoms with van der Waals surface area (Å²) in [4.78, 5) is 13.2. The largest absolute Gasteiger partial charge is 0.394 e. The lowest BCUT2D eigenvalue weighted by Gasteiger charge is -2.20. The first kappa shape index (κ1) is 16.4. The third kappa shape index (κ3) is 3.80. The van der Waals surface area contributed by atoms with Crippen molar-refractivity contribution in [3.05, 3.63) is 18.3 Å². The van der Waals surface area contributed by atoms with E-state index in [9.17, 15) is 10.2 Å². The smallest absolute Gasteiger partial charge is 0.180 e. The number of aliphatic hydroxyl groups is 2. The van der Waals surface area contributed by atoms with Crippen molar-refractivity contribution in [3.63, 3.8) is 0 Å². The fraction of sp³-hybridized carbons (Fsp3) is 0.533. The minimum Gasteiger partial charge on any atom is -0.394 e. The highest BCUT2D eigenvalue weighted by molar-refractivity contribution is 5.77. The minimum absolute atomic E-state index is 0.00901. The van der Waals surface area contributed by atoms with E-state index in [0.717, 1.165) is 12.8 Å². The summed E-state index contributed by atoms with van der Waals surface area (Å²) in [6.45, 7) is 3.99. The molecule has 0 aliphatic carbocycles. The SMILES string of the molecule is CC[C@H](CO)Nc1nc2cccnc2nc1N[C@H](CC)CO. The van der Waals surface area contributed by atoms with Gasteiger partial charge in [-0.2, -0.15) is 0 Å². The third-order valence-electron chi connectivity index (χ3n) is 3.55. The molecule has 7 nitrogen and oxygen atoms in total. The molecule has 120 valence electrons. The second kappa shape index (κ2) is 7.86. The Bertz CT molecular complexity index is 547. The Labute approximate surface area is 129 Å². The van der Waals surface area contributed by atoms with Crippen LogP contribution in [0.15, 0.2) is 18.3 Å². The predicted molar refractivity (Wildman–Crippen MR) is 86.9 cm³/mol. The Kier molecular flexibility index (Phi) is 5.85. The second-order valence-electron chi connectivity index (χ2n) is 5.13. The molecular formula is C15H23N5O2. The number of nitrogens with zero attached hydrogens (tertiary/aromatic N) is 3. The number of anilines is 2. The van der Waals surface area contributed by atoms with E-state index in [4.69, 9.17) is 0 Å². The molecule has 2 aromatic rings. The van der Waals surface area contributed by atoms with Gasteiger partial charge in [0.05, 0.1) is 25.3 Å². The Morgan fingerprint density at radius 2 is 1.59 bits per heavy atom. The second-order valence-corrected chi connectivity index (χ2v) is 5.13. The molecule has 0 unspecified atom stereocenters. The van der Waals surface area contributed by atoms with Crippen molar-refractivity contribution in [2.24, 2.45) is 0 Å². The van der Waals surface area contributed by atoms with Gasteiger partial charge in [0.25, 0.3) is 0 Å². The third-order valence-corrected chi connectivity index (χ3v) is 3.55. The Morgan fingerprint density at radius 1 is 1.00 bits per heavy atom. The monoisotopic (exact) mass is 305 g/mol. The molecule has 0 aromatic carbocycles. The standard InChI is InChI=1S/C15H23N5O2/c1-3-10(8-21)17-14-15(18-11(4-2)9-22)20-13-12(19-14)6-5-7-16-13/h5-7,10-11,21-22H,3-4,8-9H2,1-2H3,(H,17,19)(H,16,18,20)/t10-,11-/m1/s1. The number of aliphatic hydroxyl groups excluding tert-OH is 2. The van der Waals surface area contributed by atoms with Gasteiger partial charge in [0.15, 0.2) is 17.3 Å². The zero-order chi connectivity index (χ0) is 15.9. The molecule has 0 bridgehead atoms. The molecule has 0 aliphatic heterocycles. The molecule has 2 heterocycles. The molecule has 2 rings (SSSR count). The summed E-state index contributed by atoms with van der Waals surface area (Å²) in [6, 6.07) is 3.44. The van der Waals surface area contributed by atoms with Crippen molar-refractivity contribution in [2.75, 3.05) is 23.8 Å². The van der Waals surface area contributed by atoms with Gasteiger partial charge in [0.2, 0.25) is 0 Å². The fourth-order valence-corrected chi connectivity index (χ4v) is 2.04. The number of rotatable bonds is 8. The average Bonchev–Trinajstić information content (AvgIpc) is 2.57. The van der Waals surface area contributed by atoms with Crippen molar-refractivity contribution in [1.29, 1.82) is 0 Å². The maximum absolute atomic E-state index is 9.38. The number of pyridine rings is 1. The van der Waals surface area contributed by atoms with Gasteiger partial charge >= 0.3 is 0 Å². The zero-order valence-corrected chi connectivity index (χ0v) is 13.0. The van der Waals surface area contributed by atoms with Gasteiger partial charge in [-0.05, 0) is 25.0 Å². The fourth-order valence-electron chi connectivity index (χ4n) is 2.04. The van der Waals surface area contributed by atoms with Gasteiger partial charge in [-0.3, -0.25) is 0 Å². The van der Waals surface area contributed by atoms with Crippen molar-refractivity contribution >= 4 is 22.8 Å². The highest BCUT2D eigenvalue weighted by Crippen LogP contribution is 2.22. The van der Waals surface area contributed by atoms with E-state index in [0.29, 0.717) is 22.8 Å². The number of nitrogens with one attached hydrogen (secondary N) is 2. The first-order valence-electron chi connectivity index (χ1n) is 7.59. The summed E-state index contributed by atoms with van der Waals surface area (Å²) < 4.78 is 0. The Balaban J connectivity index is 2.40.